The molecule has 6 rings (SSSR count). The van der Waals surface area contributed by atoms with E-state index in [1.165, 1.54) is 10.4 Å². The van der Waals surface area contributed by atoms with Crippen LogP contribution < -0.4 is 15.7 Å². The van der Waals surface area contributed by atoms with Crippen molar-refractivity contribution < 1.29 is 26.4 Å². The van der Waals surface area contributed by atoms with E-state index in [1.807, 2.05) is 64.2 Å². The van der Waals surface area contributed by atoms with Crippen LogP contribution in [0.5, 0.6) is 0 Å². The first kappa shape index (κ1) is 28.6. The van der Waals surface area contributed by atoms with Crippen LogP contribution >= 0.6 is 7.92 Å². The first-order valence-electron chi connectivity index (χ1n) is 9.80. The fraction of sp³-hybridized carbons (Fsp3) is 0.0714. The average molecular weight is 477 g/mol. The van der Waals surface area contributed by atoms with Crippen LogP contribution in [0.2, 0.25) is 0 Å². The van der Waals surface area contributed by atoms with Crippen LogP contribution in [0.4, 0.5) is 0 Å². The van der Waals surface area contributed by atoms with E-state index in [9.17, 15) is 0 Å². The molecule has 3 aliphatic carbocycles. The summed E-state index contributed by atoms with van der Waals surface area (Å²) >= 11 is 0. The van der Waals surface area contributed by atoms with Crippen LogP contribution in [0.1, 0.15) is 0 Å². The molecule has 159 valence electrons. The normalized spacial score (nSPS) is 22.7. The molecule has 0 amide bonds. The Labute approximate surface area is 205 Å². The Kier molecular flexibility index (Phi) is 15.3. The molecule has 2 unspecified atom stereocenters. The topological polar surface area (TPSA) is 39.8 Å². The van der Waals surface area contributed by atoms with Gasteiger partial charge in [-0.2, -0.15) is 0 Å². The van der Waals surface area contributed by atoms with Gasteiger partial charge >= 0.3 is 22.6 Å². The third kappa shape index (κ3) is 8.86. The molecule has 0 spiro atoms. The van der Waals surface area contributed by atoms with Crippen LogP contribution in [0.15, 0.2) is 54.6 Å². The van der Waals surface area contributed by atoms with Crippen molar-refractivity contribution >= 4 is 25.4 Å². The van der Waals surface area contributed by atoms with Crippen molar-refractivity contribution in [3.05, 3.63) is 143 Å². The van der Waals surface area contributed by atoms with Gasteiger partial charge in [0.25, 0.3) is 0 Å². The first-order valence-corrected chi connectivity index (χ1v) is 11.3. The SMILES string of the molecule is C1=c2ccccc2=CC2C1P2c1ccccc1.[C-]#[O+].[C-]#[O+].[CH]1[CH][CH][CH][CH]1.[CH]1[CH][CH][CH][CH]1.[Mn]. The second-order valence-electron chi connectivity index (χ2n) is 6.61. The summed E-state index contributed by atoms with van der Waals surface area (Å²) in [5.74, 6) is 0. The van der Waals surface area contributed by atoms with Gasteiger partial charge in [-0.25, -0.2) is 0 Å². The Morgan fingerprint density at radius 2 is 0.812 bits per heavy atom. The van der Waals surface area contributed by atoms with Gasteiger partial charge in [0.05, 0.1) is 0 Å². The Morgan fingerprint density at radius 3 is 1.16 bits per heavy atom. The molecule has 2 atom stereocenters. The van der Waals surface area contributed by atoms with E-state index >= 15 is 0 Å². The summed E-state index contributed by atoms with van der Waals surface area (Å²) in [6, 6.07) is 19.7. The molecule has 4 aliphatic rings. The molecule has 0 N–H and O–H groups in total. The Morgan fingerprint density at radius 1 is 0.500 bits per heavy atom. The number of fused-ring (bicyclic) bond motifs is 2. The van der Waals surface area contributed by atoms with Crippen molar-refractivity contribution in [2.24, 2.45) is 0 Å². The van der Waals surface area contributed by atoms with Crippen molar-refractivity contribution in [3.63, 3.8) is 0 Å². The van der Waals surface area contributed by atoms with E-state index in [2.05, 4.69) is 80.1 Å². The molecule has 11 radical (unpaired) electrons. The third-order valence-corrected chi connectivity index (χ3v) is 7.54. The van der Waals surface area contributed by atoms with Crippen molar-refractivity contribution in [1.82, 2.24) is 0 Å². The Bertz CT molecular complexity index is 842. The molecule has 1 aliphatic heterocycles. The number of benzene rings is 2. The Hall–Kier alpha value is -1.39. The number of rotatable bonds is 1. The number of hydrogen-bond acceptors (Lipinski definition) is 0. The minimum atomic E-state index is 0. The molecule has 2 nitrogen and oxygen atoms in total. The Balaban J connectivity index is 0.000000283. The zero-order chi connectivity index (χ0) is 22.3. The van der Waals surface area contributed by atoms with E-state index in [1.54, 1.807) is 5.30 Å². The van der Waals surface area contributed by atoms with Crippen molar-refractivity contribution in [2.45, 2.75) is 11.3 Å². The largest absolute Gasteiger partial charge is 0.0312 e. The molecular formula is C28H23MnO2P. The first-order chi connectivity index (χ1) is 15.4. The van der Waals surface area contributed by atoms with Crippen molar-refractivity contribution in [1.29, 1.82) is 0 Å². The van der Waals surface area contributed by atoms with E-state index in [-0.39, 0.29) is 25.0 Å². The van der Waals surface area contributed by atoms with Crippen molar-refractivity contribution in [3.8, 4) is 0 Å². The predicted molar refractivity (Wildman–Crippen MR) is 126 cm³/mol. The predicted octanol–water partition coefficient (Wildman–Crippen LogP) is 3.78. The molecule has 0 aromatic heterocycles. The third-order valence-electron chi connectivity index (χ3n) is 4.76. The number of hydrogen-bond donors (Lipinski definition) is 0. The summed E-state index contributed by atoms with van der Waals surface area (Å²) in [6.45, 7) is 9.00. The van der Waals surface area contributed by atoms with Gasteiger partial charge in [-0.1, -0.05) is 74.7 Å². The maximum atomic E-state index is 7.50. The average Bonchev–Trinajstić information content (AvgIpc) is 3.36. The van der Waals surface area contributed by atoms with Gasteiger partial charge in [-0.05, 0) is 80.0 Å². The quantitative estimate of drug-likeness (QED) is 0.260. The summed E-state index contributed by atoms with van der Waals surface area (Å²) < 4.78 is 15.0. The molecule has 0 bridgehead atoms. The van der Waals surface area contributed by atoms with Crippen LogP contribution in [0.3, 0.4) is 0 Å². The van der Waals surface area contributed by atoms with E-state index in [4.69, 9.17) is 9.30 Å². The van der Waals surface area contributed by atoms with Gasteiger partial charge in [-0.15, -0.1) is 0 Å². The van der Waals surface area contributed by atoms with Crippen LogP contribution in [-0.2, 0) is 26.4 Å². The second kappa shape index (κ2) is 17.1. The fourth-order valence-corrected chi connectivity index (χ4v) is 6.15. The van der Waals surface area contributed by atoms with Gasteiger partial charge in [0.15, 0.2) is 0 Å². The molecule has 2 saturated carbocycles. The van der Waals surface area contributed by atoms with Crippen LogP contribution in [-0.4, -0.2) is 11.3 Å². The minimum absolute atomic E-state index is 0. The van der Waals surface area contributed by atoms with E-state index in [0.717, 1.165) is 11.3 Å². The molecule has 32 heavy (non-hydrogen) atoms. The summed E-state index contributed by atoms with van der Waals surface area (Å²) in [7, 11) is 0.0324. The zero-order valence-electron chi connectivity index (χ0n) is 17.4. The van der Waals surface area contributed by atoms with Crippen LogP contribution in [0, 0.1) is 77.5 Å². The maximum absolute atomic E-state index is 7.50. The minimum Gasteiger partial charge on any atom is -0.0312 e. The standard InChI is InChI=1S/C16H13P.2C5H5.2CO.Mn/c1-2-8-14(9-3-1)17-15-10-12-6-4-5-7-13(12)11-16(15)17;2*1-2-4-5-3-1;2*1-2;/h1-11,15-16H;2*1-5H;;;. The van der Waals surface area contributed by atoms with Gasteiger partial charge in [-0.3, -0.25) is 0 Å². The van der Waals surface area contributed by atoms with E-state index in [0.29, 0.717) is 0 Å². The maximum Gasteiger partial charge on any atom is 0 e. The monoisotopic (exact) mass is 477 g/mol. The van der Waals surface area contributed by atoms with E-state index < -0.39 is 0 Å². The van der Waals surface area contributed by atoms with Gasteiger partial charge in [0.2, 0.25) is 0 Å². The molecule has 2 aromatic rings. The van der Waals surface area contributed by atoms with Gasteiger partial charge in [0, 0.05) is 28.4 Å². The summed E-state index contributed by atoms with van der Waals surface area (Å²) in [6.07, 6.45) is 25.0. The summed E-state index contributed by atoms with van der Waals surface area (Å²) in [4.78, 5) is 0. The summed E-state index contributed by atoms with van der Waals surface area (Å²) in [5, 5.41) is 4.40. The van der Waals surface area contributed by atoms with Crippen molar-refractivity contribution in [2.75, 3.05) is 0 Å². The van der Waals surface area contributed by atoms with Crippen LogP contribution in [0.25, 0.3) is 12.2 Å². The van der Waals surface area contributed by atoms with Gasteiger partial charge < -0.3 is 0 Å². The summed E-state index contributed by atoms with van der Waals surface area (Å²) in [5.41, 5.74) is 1.59. The second-order valence-corrected chi connectivity index (χ2v) is 9.13. The van der Waals surface area contributed by atoms with Gasteiger partial charge in [0.1, 0.15) is 0 Å². The zero-order valence-corrected chi connectivity index (χ0v) is 19.5. The fourth-order valence-electron chi connectivity index (χ4n) is 3.39. The molecular weight excluding hydrogens is 454 g/mol. The molecule has 1 heterocycles. The smallest absolute Gasteiger partial charge is 0 e. The molecule has 1 saturated heterocycles. The molecule has 4 heteroatoms. The molecule has 3 fully saturated rings. The molecule has 2 aromatic carbocycles.